The summed E-state index contributed by atoms with van der Waals surface area (Å²) in [6.07, 6.45) is 0.219. The smallest absolute Gasteiger partial charge is 0.320 e. The number of carboxylic acids is 1. The predicted octanol–water partition coefficient (Wildman–Crippen LogP) is 5.05. The van der Waals surface area contributed by atoms with E-state index in [-0.39, 0.29) is 13.0 Å². The van der Waals surface area contributed by atoms with E-state index in [1.165, 1.54) is 0 Å². The number of nitrogens with two attached hydrogens (primary N) is 1. The largest absolute Gasteiger partial charge is 0.487 e. The second kappa shape index (κ2) is 8.54. The topological polar surface area (TPSA) is 72.5 Å². The van der Waals surface area contributed by atoms with Gasteiger partial charge in [0.15, 0.2) is 0 Å². The van der Waals surface area contributed by atoms with Crippen LogP contribution >= 0.6 is 55.1 Å². The second-order valence-electron chi connectivity index (χ2n) is 5.10. The van der Waals surface area contributed by atoms with Gasteiger partial charge < -0.3 is 15.6 Å². The first-order valence-electron chi connectivity index (χ1n) is 6.80. The van der Waals surface area contributed by atoms with Gasteiger partial charge >= 0.3 is 5.97 Å². The summed E-state index contributed by atoms with van der Waals surface area (Å²) in [7, 11) is 0. The molecule has 0 aliphatic heterocycles. The minimum Gasteiger partial charge on any atom is -0.487 e. The fraction of sp³-hybridized carbons (Fsp3) is 0.188. The van der Waals surface area contributed by atoms with Crippen LogP contribution in [0.2, 0.25) is 10.0 Å². The zero-order chi connectivity index (χ0) is 17.9. The minimum absolute atomic E-state index is 0.219. The Balaban J connectivity index is 2.14. The van der Waals surface area contributed by atoms with Gasteiger partial charge in [-0.15, -0.1) is 0 Å². The SMILES string of the molecule is NC(Cc1cc(Br)c(OCc2cc(Cl)cc(Cl)c2)c(Br)c1)C(=O)O. The lowest BCUT2D eigenvalue weighted by molar-refractivity contribution is -0.138. The third kappa shape index (κ3) is 5.36. The van der Waals surface area contributed by atoms with Crippen LogP contribution in [0.1, 0.15) is 11.1 Å². The molecule has 8 heteroatoms. The molecule has 0 bridgehead atoms. The molecule has 2 rings (SSSR count). The van der Waals surface area contributed by atoms with Gasteiger partial charge in [-0.1, -0.05) is 23.2 Å². The molecule has 1 unspecified atom stereocenters. The van der Waals surface area contributed by atoms with Gasteiger partial charge in [-0.2, -0.15) is 0 Å². The van der Waals surface area contributed by atoms with E-state index >= 15 is 0 Å². The van der Waals surface area contributed by atoms with Gasteiger partial charge in [0.05, 0.1) is 8.95 Å². The Morgan fingerprint density at radius 1 is 1.08 bits per heavy atom. The third-order valence-electron chi connectivity index (χ3n) is 3.14. The number of benzene rings is 2. The van der Waals surface area contributed by atoms with Gasteiger partial charge in [-0.05, 0) is 79.7 Å². The Labute approximate surface area is 166 Å². The number of ether oxygens (including phenoxy) is 1. The zero-order valence-electron chi connectivity index (χ0n) is 12.2. The quantitative estimate of drug-likeness (QED) is 0.585. The maximum absolute atomic E-state index is 10.9. The normalized spacial score (nSPS) is 12.0. The molecule has 1 atom stereocenters. The fourth-order valence-electron chi connectivity index (χ4n) is 2.06. The van der Waals surface area contributed by atoms with Crippen LogP contribution in [0.5, 0.6) is 5.75 Å². The zero-order valence-corrected chi connectivity index (χ0v) is 16.9. The van der Waals surface area contributed by atoms with Crippen molar-refractivity contribution in [1.29, 1.82) is 0 Å². The van der Waals surface area contributed by atoms with Gasteiger partial charge in [-0.25, -0.2) is 0 Å². The summed E-state index contributed by atoms with van der Waals surface area (Å²) in [5, 5.41) is 9.98. The van der Waals surface area contributed by atoms with E-state index < -0.39 is 12.0 Å². The number of aliphatic carboxylic acids is 1. The number of rotatable bonds is 6. The number of halogens is 4. The van der Waals surface area contributed by atoms with Crippen molar-refractivity contribution >= 4 is 61.0 Å². The van der Waals surface area contributed by atoms with E-state index in [2.05, 4.69) is 31.9 Å². The van der Waals surface area contributed by atoms with E-state index in [1.807, 2.05) is 0 Å². The Hall–Kier alpha value is -0.790. The Morgan fingerprint density at radius 3 is 2.12 bits per heavy atom. The fourth-order valence-corrected chi connectivity index (χ4v) is 4.14. The molecule has 2 aromatic rings. The predicted molar refractivity (Wildman–Crippen MR) is 102 cm³/mol. The van der Waals surface area contributed by atoms with Gasteiger partial charge in [0.25, 0.3) is 0 Å². The molecule has 4 nitrogen and oxygen atoms in total. The van der Waals surface area contributed by atoms with Crippen LogP contribution in [0, 0.1) is 0 Å². The number of carboxylic acid groups (broad SMARTS) is 1. The Kier molecular flexibility index (Phi) is 6.95. The summed E-state index contributed by atoms with van der Waals surface area (Å²) in [5.41, 5.74) is 7.18. The first-order chi connectivity index (χ1) is 11.3. The van der Waals surface area contributed by atoms with Gasteiger partial charge in [0, 0.05) is 10.0 Å². The number of carbonyl (C=O) groups is 1. The molecule has 24 heavy (non-hydrogen) atoms. The molecule has 0 fully saturated rings. The standard InChI is InChI=1S/C16H13Br2Cl2NO3/c17-12-3-8(5-14(21)16(22)23)4-13(18)15(12)24-7-9-1-10(19)6-11(20)2-9/h1-4,6,14H,5,7,21H2,(H,22,23). The van der Waals surface area contributed by atoms with E-state index in [0.29, 0.717) is 24.7 Å². The number of hydrogen-bond donors (Lipinski definition) is 2. The second-order valence-corrected chi connectivity index (χ2v) is 7.69. The maximum atomic E-state index is 10.9. The summed E-state index contributed by atoms with van der Waals surface area (Å²) in [6, 6.07) is 7.81. The lowest BCUT2D eigenvalue weighted by Gasteiger charge is -2.14. The minimum atomic E-state index is -1.04. The van der Waals surface area contributed by atoms with E-state index in [1.54, 1.807) is 30.3 Å². The molecular formula is C16H13Br2Cl2NO3. The summed E-state index contributed by atoms with van der Waals surface area (Å²) in [5.74, 6) is -0.445. The molecule has 0 aliphatic rings. The highest BCUT2D eigenvalue weighted by Crippen LogP contribution is 2.36. The van der Waals surface area contributed by atoms with Crippen molar-refractivity contribution in [1.82, 2.24) is 0 Å². The highest BCUT2D eigenvalue weighted by molar-refractivity contribution is 9.11. The molecule has 0 aliphatic carbocycles. The van der Waals surface area contributed by atoms with Crippen molar-refractivity contribution in [3.8, 4) is 5.75 Å². The molecule has 3 N–H and O–H groups in total. The van der Waals surface area contributed by atoms with Crippen LogP contribution in [0.3, 0.4) is 0 Å². The molecule has 0 heterocycles. The summed E-state index contributed by atoms with van der Waals surface area (Å²) in [6.45, 7) is 0.283. The summed E-state index contributed by atoms with van der Waals surface area (Å²) in [4.78, 5) is 10.9. The molecule has 0 amide bonds. The average molecular weight is 498 g/mol. The molecule has 2 aromatic carbocycles. The van der Waals surface area contributed by atoms with Crippen molar-refractivity contribution in [3.05, 3.63) is 60.4 Å². The van der Waals surface area contributed by atoms with Crippen LogP contribution in [0.15, 0.2) is 39.3 Å². The van der Waals surface area contributed by atoms with E-state index in [4.69, 9.17) is 38.8 Å². The van der Waals surface area contributed by atoms with Crippen molar-refractivity contribution < 1.29 is 14.6 Å². The van der Waals surface area contributed by atoms with Crippen molar-refractivity contribution in [3.63, 3.8) is 0 Å². The van der Waals surface area contributed by atoms with Crippen molar-refractivity contribution in [2.75, 3.05) is 0 Å². The van der Waals surface area contributed by atoms with Crippen LogP contribution < -0.4 is 10.5 Å². The summed E-state index contributed by atoms with van der Waals surface area (Å²) >= 11 is 18.8. The lowest BCUT2D eigenvalue weighted by Crippen LogP contribution is -2.32. The first kappa shape index (κ1) is 19.5. The maximum Gasteiger partial charge on any atom is 0.320 e. The van der Waals surface area contributed by atoms with Crippen LogP contribution in [0.4, 0.5) is 0 Å². The highest BCUT2D eigenvalue weighted by atomic mass is 79.9. The Morgan fingerprint density at radius 2 is 1.62 bits per heavy atom. The molecule has 0 saturated heterocycles. The average Bonchev–Trinajstić information content (AvgIpc) is 2.45. The summed E-state index contributed by atoms with van der Waals surface area (Å²) < 4.78 is 7.20. The van der Waals surface area contributed by atoms with Crippen LogP contribution in [-0.4, -0.2) is 17.1 Å². The van der Waals surface area contributed by atoms with Gasteiger partial charge in [0.2, 0.25) is 0 Å². The van der Waals surface area contributed by atoms with Crippen LogP contribution in [-0.2, 0) is 17.8 Å². The van der Waals surface area contributed by atoms with Crippen molar-refractivity contribution in [2.45, 2.75) is 19.1 Å². The van der Waals surface area contributed by atoms with Gasteiger partial charge in [0.1, 0.15) is 18.4 Å². The first-order valence-corrected chi connectivity index (χ1v) is 9.14. The monoisotopic (exact) mass is 495 g/mol. The van der Waals surface area contributed by atoms with Crippen molar-refractivity contribution in [2.24, 2.45) is 5.73 Å². The van der Waals surface area contributed by atoms with E-state index in [9.17, 15) is 4.79 Å². The number of hydrogen-bond acceptors (Lipinski definition) is 3. The Bertz CT molecular complexity index is 728. The highest BCUT2D eigenvalue weighted by Gasteiger charge is 2.15. The lowest BCUT2D eigenvalue weighted by atomic mass is 10.1. The van der Waals surface area contributed by atoms with Crippen LogP contribution in [0.25, 0.3) is 0 Å². The van der Waals surface area contributed by atoms with Gasteiger partial charge in [-0.3, -0.25) is 4.79 Å². The molecule has 0 saturated carbocycles. The molecular weight excluding hydrogens is 485 g/mol. The molecule has 128 valence electrons. The third-order valence-corrected chi connectivity index (χ3v) is 4.75. The molecule has 0 aromatic heterocycles. The molecule has 0 spiro atoms. The van der Waals surface area contributed by atoms with E-state index in [0.717, 1.165) is 11.1 Å². The molecule has 0 radical (unpaired) electrons.